The standard InChI is InChI=1S/C31H37N7O6/c1-17(2)27(32)30(42)37-24(11-18-7-9-21(39)10-8-18)28(40)36-25(13-20-15-33-16-35-20)29(41)38-26(31(43)44)12-19-14-34-23-6-4-3-5-22(19)23/h3-10,14-17,24-27,34,39H,11-13,32H2,1-2H3,(H,33,35)(H,36,40)(H,37,42)(H,38,41)(H,43,44). The number of imidazole rings is 1. The molecule has 13 nitrogen and oxygen atoms in total. The molecule has 44 heavy (non-hydrogen) atoms. The second kappa shape index (κ2) is 14.3. The molecule has 2 heterocycles. The van der Waals surface area contributed by atoms with E-state index in [1.165, 1.54) is 24.7 Å². The van der Waals surface area contributed by atoms with E-state index in [-0.39, 0.29) is 30.9 Å². The number of nitrogens with one attached hydrogen (secondary N) is 5. The number of rotatable bonds is 14. The summed E-state index contributed by atoms with van der Waals surface area (Å²) >= 11 is 0. The molecule has 0 fully saturated rings. The number of nitrogens with two attached hydrogens (primary N) is 1. The third-order valence-corrected chi connectivity index (χ3v) is 7.36. The van der Waals surface area contributed by atoms with Crippen LogP contribution in [0.5, 0.6) is 5.75 Å². The summed E-state index contributed by atoms with van der Waals surface area (Å²) in [6.07, 6.45) is 4.63. The Morgan fingerprint density at radius 2 is 1.48 bits per heavy atom. The number of carboxylic acid groups (broad SMARTS) is 1. The molecule has 4 aromatic rings. The Kier molecular flexibility index (Phi) is 10.3. The number of carboxylic acids is 1. The van der Waals surface area contributed by atoms with Gasteiger partial charge in [0.25, 0.3) is 0 Å². The summed E-state index contributed by atoms with van der Waals surface area (Å²) < 4.78 is 0. The number of aromatic hydroxyl groups is 1. The number of nitrogens with zero attached hydrogens (tertiary/aromatic N) is 1. The molecule has 0 aliphatic carbocycles. The summed E-state index contributed by atoms with van der Waals surface area (Å²) in [5, 5.41) is 28.4. The Hall–Kier alpha value is -5.17. The lowest BCUT2D eigenvalue weighted by atomic mass is 10.0. The normalized spacial score (nSPS) is 14.0. The van der Waals surface area contributed by atoms with E-state index in [1.54, 1.807) is 32.2 Å². The van der Waals surface area contributed by atoms with Crippen molar-refractivity contribution >= 4 is 34.6 Å². The summed E-state index contributed by atoms with van der Waals surface area (Å²) in [5.41, 5.74) is 8.73. The van der Waals surface area contributed by atoms with Gasteiger partial charge in [0.05, 0.1) is 12.4 Å². The van der Waals surface area contributed by atoms with E-state index in [0.717, 1.165) is 10.9 Å². The van der Waals surface area contributed by atoms with Crippen molar-refractivity contribution in [1.29, 1.82) is 0 Å². The van der Waals surface area contributed by atoms with Crippen LogP contribution in [0.15, 0.2) is 67.3 Å². The van der Waals surface area contributed by atoms with E-state index in [9.17, 15) is 29.4 Å². The monoisotopic (exact) mass is 603 g/mol. The Morgan fingerprint density at radius 3 is 2.11 bits per heavy atom. The van der Waals surface area contributed by atoms with Crippen LogP contribution in [0.25, 0.3) is 10.9 Å². The predicted molar refractivity (Wildman–Crippen MR) is 162 cm³/mol. The van der Waals surface area contributed by atoms with Gasteiger partial charge in [-0.3, -0.25) is 14.4 Å². The van der Waals surface area contributed by atoms with Gasteiger partial charge < -0.3 is 41.9 Å². The van der Waals surface area contributed by atoms with Gasteiger partial charge in [0.1, 0.15) is 23.9 Å². The largest absolute Gasteiger partial charge is 0.508 e. The smallest absolute Gasteiger partial charge is 0.326 e. The summed E-state index contributed by atoms with van der Waals surface area (Å²) in [6, 6.07) is 9.04. The number of H-pyrrole nitrogens is 2. The Morgan fingerprint density at radius 1 is 0.841 bits per heavy atom. The molecule has 0 radical (unpaired) electrons. The molecule has 4 unspecified atom stereocenters. The summed E-state index contributed by atoms with van der Waals surface area (Å²) in [6.45, 7) is 3.55. The van der Waals surface area contributed by atoms with Gasteiger partial charge >= 0.3 is 5.97 Å². The highest BCUT2D eigenvalue weighted by molar-refractivity contribution is 5.94. The number of aromatic amines is 2. The van der Waals surface area contributed by atoms with Crippen LogP contribution in [0.3, 0.4) is 0 Å². The number of aromatic nitrogens is 3. The number of hydrogen-bond donors (Lipinski definition) is 8. The van der Waals surface area contributed by atoms with Gasteiger partial charge in [0, 0.05) is 48.3 Å². The van der Waals surface area contributed by atoms with Gasteiger partial charge in [-0.2, -0.15) is 0 Å². The van der Waals surface area contributed by atoms with Crippen LogP contribution in [0.4, 0.5) is 0 Å². The van der Waals surface area contributed by atoms with E-state index in [1.807, 2.05) is 24.3 Å². The van der Waals surface area contributed by atoms with Crippen molar-refractivity contribution in [3.8, 4) is 5.75 Å². The van der Waals surface area contributed by atoms with E-state index in [2.05, 4.69) is 30.9 Å². The van der Waals surface area contributed by atoms with Gasteiger partial charge in [0.2, 0.25) is 17.7 Å². The number of phenolic OH excluding ortho intramolecular Hbond substituents is 1. The number of para-hydroxylation sites is 1. The highest BCUT2D eigenvalue weighted by atomic mass is 16.4. The number of aliphatic carboxylic acids is 1. The van der Waals surface area contributed by atoms with E-state index in [0.29, 0.717) is 16.8 Å². The van der Waals surface area contributed by atoms with Gasteiger partial charge in [-0.1, -0.05) is 44.2 Å². The molecule has 0 aliphatic rings. The zero-order valence-corrected chi connectivity index (χ0v) is 24.4. The van der Waals surface area contributed by atoms with Crippen molar-refractivity contribution in [3.05, 3.63) is 84.1 Å². The van der Waals surface area contributed by atoms with Crippen LogP contribution in [-0.4, -0.2) is 73.0 Å². The second-order valence-corrected chi connectivity index (χ2v) is 11.0. The fraction of sp³-hybridized carbons (Fsp3) is 0.323. The SMILES string of the molecule is CC(C)C(N)C(=O)NC(Cc1ccc(O)cc1)C(=O)NC(Cc1cnc[nH]1)C(=O)NC(Cc1c[nH]c2ccccc12)C(=O)O. The predicted octanol–water partition coefficient (Wildman–Crippen LogP) is 1.15. The highest BCUT2D eigenvalue weighted by Gasteiger charge is 2.31. The first kappa shape index (κ1) is 31.8. The fourth-order valence-electron chi connectivity index (χ4n) is 4.74. The molecule has 13 heteroatoms. The lowest BCUT2D eigenvalue weighted by Crippen LogP contribution is -2.58. The highest BCUT2D eigenvalue weighted by Crippen LogP contribution is 2.19. The topological polar surface area (TPSA) is 215 Å². The summed E-state index contributed by atoms with van der Waals surface area (Å²) in [5.74, 6) is -3.35. The molecule has 232 valence electrons. The molecule has 0 bridgehead atoms. The van der Waals surface area contributed by atoms with Crippen molar-refractivity contribution in [1.82, 2.24) is 30.9 Å². The number of hydrogen-bond acceptors (Lipinski definition) is 7. The summed E-state index contributed by atoms with van der Waals surface area (Å²) in [7, 11) is 0. The van der Waals surface area contributed by atoms with Crippen molar-refractivity contribution in [2.45, 2.75) is 57.3 Å². The molecular formula is C31H37N7O6. The van der Waals surface area contributed by atoms with Crippen molar-refractivity contribution in [2.24, 2.45) is 11.7 Å². The minimum atomic E-state index is -1.29. The van der Waals surface area contributed by atoms with Crippen LogP contribution in [0, 0.1) is 5.92 Å². The van der Waals surface area contributed by atoms with Crippen molar-refractivity contribution < 1.29 is 29.4 Å². The average Bonchev–Trinajstić information content (AvgIpc) is 3.66. The number of carbonyl (C=O) groups is 4. The molecular weight excluding hydrogens is 566 g/mol. The molecule has 0 saturated carbocycles. The van der Waals surface area contributed by atoms with Crippen LogP contribution < -0.4 is 21.7 Å². The fourth-order valence-corrected chi connectivity index (χ4v) is 4.74. The van der Waals surface area contributed by atoms with Gasteiger partial charge in [-0.25, -0.2) is 9.78 Å². The number of benzene rings is 2. The van der Waals surface area contributed by atoms with Crippen LogP contribution in [0.1, 0.15) is 30.7 Å². The molecule has 2 aromatic carbocycles. The zero-order chi connectivity index (χ0) is 31.8. The van der Waals surface area contributed by atoms with Crippen LogP contribution in [-0.2, 0) is 38.4 Å². The Balaban J connectivity index is 1.55. The molecule has 3 amide bonds. The maximum atomic E-state index is 13.7. The number of phenols is 1. The average molecular weight is 604 g/mol. The first-order chi connectivity index (χ1) is 21.0. The summed E-state index contributed by atoms with van der Waals surface area (Å²) in [4.78, 5) is 62.3. The lowest BCUT2D eigenvalue weighted by Gasteiger charge is -2.26. The first-order valence-corrected chi connectivity index (χ1v) is 14.2. The van der Waals surface area contributed by atoms with E-state index < -0.39 is 47.9 Å². The van der Waals surface area contributed by atoms with E-state index >= 15 is 0 Å². The van der Waals surface area contributed by atoms with Crippen LogP contribution in [0.2, 0.25) is 0 Å². The Bertz CT molecular complexity index is 1580. The molecule has 4 atom stereocenters. The Labute approximate surface area is 253 Å². The third-order valence-electron chi connectivity index (χ3n) is 7.36. The van der Waals surface area contributed by atoms with Crippen molar-refractivity contribution in [2.75, 3.05) is 0 Å². The maximum absolute atomic E-state index is 13.7. The van der Waals surface area contributed by atoms with Gasteiger partial charge in [-0.15, -0.1) is 0 Å². The molecule has 0 spiro atoms. The quantitative estimate of drug-likeness (QED) is 0.104. The van der Waals surface area contributed by atoms with Crippen LogP contribution >= 0.6 is 0 Å². The van der Waals surface area contributed by atoms with Crippen molar-refractivity contribution in [3.63, 3.8) is 0 Å². The minimum Gasteiger partial charge on any atom is -0.508 e. The number of amides is 3. The molecule has 0 saturated heterocycles. The molecule has 2 aromatic heterocycles. The van der Waals surface area contributed by atoms with Gasteiger partial charge in [-0.05, 0) is 35.2 Å². The molecule has 4 rings (SSSR count). The first-order valence-electron chi connectivity index (χ1n) is 14.2. The number of carbonyl (C=O) groups excluding carboxylic acids is 3. The van der Waals surface area contributed by atoms with E-state index in [4.69, 9.17) is 5.73 Å². The molecule has 0 aliphatic heterocycles. The maximum Gasteiger partial charge on any atom is 0.326 e. The lowest BCUT2D eigenvalue weighted by molar-refractivity contribution is -0.142. The van der Waals surface area contributed by atoms with Gasteiger partial charge in [0.15, 0.2) is 0 Å². The third kappa shape index (κ3) is 8.22. The number of fused-ring (bicyclic) bond motifs is 1. The minimum absolute atomic E-state index is 0.00242. The second-order valence-electron chi connectivity index (χ2n) is 11.0. The molecule has 9 N–H and O–H groups in total. The zero-order valence-electron chi connectivity index (χ0n) is 24.4.